The molecule has 14 heavy (non-hydrogen) atoms. The number of nitrogens with one attached hydrogen (secondary N) is 1. The average molecular weight is 203 g/mol. The van der Waals surface area contributed by atoms with Gasteiger partial charge in [0.25, 0.3) is 0 Å². The Bertz CT molecular complexity index is 207. The van der Waals surface area contributed by atoms with Crippen LogP contribution in [0.15, 0.2) is 0 Å². The van der Waals surface area contributed by atoms with E-state index >= 15 is 0 Å². The van der Waals surface area contributed by atoms with Crippen LogP contribution in [0.5, 0.6) is 0 Å². The highest BCUT2D eigenvalue weighted by molar-refractivity contribution is 5.77. The maximum absolute atomic E-state index is 11.1. The van der Waals surface area contributed by atoms with Crippen LogP contribution in [-0.2, 0) is 14.3 Å². The predicted molar refractivity (Wildman–Crippen MR) is 50.6 cm³/mol. The van der Waals surface area contributed by atoms with E-state index in [1.165, 1.54) is 0 Å². The van der Waals surface area contributed by atoms with Gasteiger partial charge in [0.1, 0.15) is 12.2 Å². The van der Waals surface area contributed by atoms with Crippen LogP contribution in [0.3, 0.4) is 0 Å². The summed E-state index contributed by atoms with van der Waals surface area (Å²) < 4.78 is 5.00. The van der Waals surface area contributed by atoms with Crippen molar-refractivity contribution in [3.8, 4) is 0 Å². The molecule has 0 radical (unpaired) electrons. The van der Waals surface area contributed by atoms with E-state index in [0.29, 0.717) is 0 Å². The second-order valence-electron chi connectivity index (χ2n) is 3.84. The van der Waals surface area contributed by atoms with Crippen molar-refractivity contribution in [1.29, 1.82) is 0 Å². The average Bonchev–Trinajstić information content (AvgIpc) is 2.00. The van der Waals surface area contributed by atoms with Crippen molar-refractivity contribution in [3.05, 3.63) is 0 Å². The normalized spacial score (nSPS) is 10.9. The molecule has 0 fully saturated rings. The highest BCUT2D eigenvalue weighted by Crippen LogP contribution is 2.07. The zero-order valence-electron chi connectivity index (χ0n) is 8.79. The fourth-order valence-corrected chi connectivity index (χ4v) is 0.752. The first kappa shape index (κ1) is 12.9. The molecule has 0 saturated carbocycles. The number of hydrogen-bond donors (Lipinski definition) is 2. The maximum atomic E-state index is 11.1. The van der Waals surface area contributed by atoms with Crippen molar-refractivity contribution < 1.29 is 19.4 Å². The highest BCUT2D eigenvalue weighted by atomic mass is 16.6. The van der Waals surface area contributed by atoms with Gasteiger partial charge in [-0.15, -0.1) is 0 Å². The number of aliphatic hydroxyl groups is 1. The maximum Gasteiger partial charge on any atom is 0.308 e. The molecule has 0 rings (SSSR count). The van der Waals surface area contributed by atoms with Crippen molar-refractivity contribution in [3.63, 3.8) is 0 Å². The molecule has 0 aliphatic carbocycles. The molecule has 0 atom stereocenters. The number of aliphatic hydroxyl groups excluding tert-OH is 1. The molecule has 0 unspecified atom stereocenters. The van der Waals surface area contributed by atoms with E-state index in [1.54, 1.807) is 20.8 Å². The van der Waals surface area contributed by atoms with Crippen LogP contribution in [0.4, 0.5) is 0 Å². The Balaban J connectivity index is 3.60. The van der Waals surface area contributed by atoms with E-state index in [2.05, 4.69) is 5.32 Å². The Labute approximate surface area is 83.4 Å². The molecule has 0 aliphatic rings. The molecule has 0 heterocycles. The fraction of sp³-hybridized carbons (Fsp3) is 0.778. The quantitative estimate of drug-likeness (QED) is 0.622. The molecule has 0 aromatic carbocycles. The van der Waals surface area contributed by atoms with E-state index < -0.39 is 18.1 Å². The van der Waals surface area contributed by atoms with Crippen LogP contribution < -0.4 is 5.32 Å². The molecule has 0 saturated heterocycles. The lowest BCUT2D eigenvalue weighted by atomic mass is 10.2. The smallest absolute Gasteiger partial charge is 0.308 e. The summed E-state index contributed by atoms with van der Waals surface area (Å²) in [5.74, 6) is -0.857. The van der Waals surface area contributed by atoms with Crippen molar-refractivity contribution >= 4 is 11.9 Å². The summed E-state index contributed by atoms with van der Waals surface area (Å²) in [4.78, 5) is 21.7. The number of carbonyl (C=O) groups excluding carboxylic acids is 2. The van der Waals surface area contributed by atoms with Gasteiger partial charge in [0.05, 0.1) is 6.42 Å². The van der Waals surface area contributed by atoms with Gasteiger partial charge in [-0.1, -0.05) is 0 Å². The SMILES string of the molecule is CC(C)(C)OC(=O)CCNC(=O)CO. The zero-order valence-corrected chi connectivity index (χ0v) is 8.79. The summed E-state index contributed by atoms with van der Waals surface area (Å²) in [6.45, 7) is 4.95. The summed E-state index contributed by atoms with van der Waals surface area (Å²) in [7, 11) is 0. The summed E-state index contributed by atoms with van der Waals surface area (Å²) >= 11 is 0. The minimum absolute atomic E-state index is 0.114. The molecule has 2 N–H and O–H groups in total. The largest absolute Gasteiger partial charge is 0.460 e. The first-order valence-electron chi connectivity index (χ1n) is 4.44. The number of esters is 1. The Morgan fingerprint density at radius 3 is 2.36 bits per heavy atom. The fourth-order valence-electron chi connectivity index (χ4n) is 0.752. The molecule has 0 aromatic heterocycles. The number of amides is 1. The van der Waals surface area contributed by atoms with Crippen molar-refractivity contribution in [2.24, 2.45) is 0 Å². The van der Waals surface area contributed by atoms with Crippen molar-refractivity contribution in [2.75, 3.05) is 13.2 Å². The molecule has 0 spiro atoms. The van der Waals surface area contributed by atoms with Gasteiger partial charge in [0.2, 0.25) is 5.91 Å². The van der Waals surface area contributed by atoms with Crippen LogP contribution in [0.25, 0.3) is 0 Å². The van der Waals surface area contributed by atoms with Gasteiger partial charge in [-0.05, 0) is 20.8 Å². The van der Waals surface area contributed by atoms with Gasteiger partial charge in [0.15, 0.2) is 0 Å². The molecule has 0 aliphatic heterocycles. The third-order valence-electron chi connectivity index (χ3n) is 1.21. The molecule has 5 heteroatoms. The first-order chi connectivity index (χ1) is 6.35. The second-order valence-corrected chi connectivity index (χ2v) is 3.84. The van der Waals surface area contributed by atoms with Crippen molar-refractivity contribution in [1.82, 2.24) is 5.32 Å². The Morgan fingerprint density at radius 2 is 1.93 bits per heavy atom. The Morgan fingerprint density at radius 1 is 1.36 bits per heavy atom. The lowest BCUT2D eigenvalue weighted by Crippen LogP contribution is -2.30. The summed E-state index contributed by atoms with van der Waals surface area (Å²) in [6.07, 6.45) is 0.114. The number of ether oxygens (including phenoxy) is 1. The summed E-state index contributed by atoms with van der Waals surface area (Å²) in [5, 5.41) is 10.7. The van der Waals surface area contributed by atoms with Gasteiger partial charge in [-0.2, -0.15) is 0 Å². The van der Waals surface area contributed by atoms with Crippen LogP contribution >= 0.6 is 0 Å². The highest BCUT2D eigenvalue weighted by Gasteiger charge is 2.15. The number of carbonyl (C=O) groups is 2. The molecule has 0 aromatic rings. The van der Waals surface area contributed by atoms with Gasteiger partial charge in [0, 0.05) is 6.54 Å². The predicted octanol–water partition coefficient (Wildman–Crippen LogP) is -0.173. The van der Waals surface area contributed by atoms with E-state index in [4.69, 9.17) is 9.84 Å². The van der Waals surface area contributed by atoms with E-state index in [1.807, 2.05) is 0 Å². The molecule has 0 bridgehead atoms. The topological polar surface area (TPSA) is 75.6 Å². The van der Waals surface area contributed by atoms with E-state index in [-0.39, 0.29) is 18.9 Å². The third-order valence-corrected chi connectivity index (χ3v) is 1.21. The van der Waals surface area contributed by atoms with Crippen LogP contribution in [0.2, 0.25) is 0 Å². The summed E-state index contributed by atoms with van der Waals surface area (Å²) in [6, 6.07) is 0. The standard InChI is InChI=1S/C9H17NO4/c1-9(2,3)14-8(13)4-5-10-7(12)6-11/h11H,4-6H2,1-3H3,(H,10,12). The van der Waals surface area contributed by atoms with Gasteiger partial charge < -0.3 is 15.2 Å². The van der Waals surface area contributed by atoms with Gasteiger partial charge in [-0.25, -0.2) is 0 Å². The van der Waals surface area contributed by atoms with Crippen LogP contribution in [0, 0.1) is 0 Å². The minimum Gasteiger partial charge on any atom is -0.460 e. The van der Waals surface area contributed by atoms with E-state index in [0.717, 1.165) is 0 Å². The molecule has 1 amide bonds. The van der Waals surface area contributed by atoms with E-state index in [9.17, 15) is 9.59 Å². The van der Waals surface area contributed by atoms with Crippen LogP contribution in [0.1, 0.15) is 27.2 Å². The second kappa shape index (κ2) is 5.59. The lowest BCUT2D eigenvalue weighted by Gasteiger charge is -2.19. The Kier molecular flexibility index (Phi) is 5.15. The number of rotatable bonds is 4. The lowest BCUT2D eigenvalue weighted by molar-refractivity contribution is -0.154. The zero-order chi connectivity index (χ0) is 11.2. The van der Waals surface area contributed by atoms with Crippen LogP contribution in [-0.4, -0.2) is 35.7 Å². The molecule has 82 valence electrons. The van der Waals surface area contributed by atoms with Crippen molar-refractivity contribution in [2.45, 2.75) is 32.8 Å². The first-order valence-corrected chi connectivity index (χ1v) is 4.44. The molecular formula is C9H17NO4. The minimum atomic E-state index is -0.561. The molecule has 5 nitrogen and oxygen atoms in total. The number of hydrogen-bond acceptors (Lipinski definition) is 4. The van der Waals surface area contributed by atoms with Gasteiger partial charge in [-0.3, -0.25) is 9.59 Å². The third kappa shape index (κ3) is 7.54. The Hall–Kier alpha value is -1.10. The van der Waals surface area contributed by atoms with Gasteiger partial charge >= 0.3 is 5.97 Å². The molecular weight excluding hydrogens is 186 g/mol. The summed E-state index contributed by atoms with van der Waals surface area (Å²) in [5.41, 5.74) is -0.502. The monoisotopic (exact) mass is 203 g/mol.